The summed E-state index contributed by atoms with van der Waals surface area (Å²) in [5.74, 6) is 0.0781. The van der Waals surface area contributed by atoms with Gasteiger partial charge >= 0.3 is 0 Å². The number of nitrogen functional groups attached to an aromatic ring is 1. The molecular formula is C16H14N4S. The van der Waals surface area contributed by atoms with Crippen LogP contribution in [0.3, 0.4) is 0 Å². The third-order valence-corrected chi connectivity index (χ3v) is 4.10. The molecule has 0 aliphatic rings. The molecule has 5 heteroatoms. The standard InChI is InChI=1S/C16H14N4S/c1-10-8-19-16(20-9-10)21-14-7-6-13(15(17)18)11-4-2-3-5-12(11)14/h2-9H,1H3,(H3,17,18). The highest BCUT2D eigenvalue weighted by Gasteiger charge is 2.09. The zero-order valence-corrected chi connectivity index (χ0v) is 12.3. The molecule has 0 saturated carbocycles. The monoisotopic (exact) mass is 294 g/mol. The second-order valence-electron chi connectivity index (χ2n) is 4.72. The molecule has 0 radical (unpaired) electrons. The second kappa shape index (κ2) is 5.54. The van der Waals surface area contributed by atoms with E-state index in [0.717, 1.165) is 26.8 Å². The average Bonchev–Trinajstić information content (AvgIpc) is 2.49. The van der Waals surface area contributed by atoms with Crippen LogP contribution in [0.4, 0.5) is 0 Å². The first-order valence-corrected chi connectivity index (χ1v) is 7.29. The number of nitrogens with zero attached hydrogens (tertiary/aromatic N) is 2. The fourth-order valence-electron chi connectivity index (χ4n) is 2.13. The predicted molar refractivity (Wildman–Crippen MR) is 85.9 cm³/mol. The van der Waals surface area contributed by atoms with E-state index in [1.54, 1.807) is 0 Å². The van der Waals surface area contributed by atoms with E-state index in [-0.39, 0.29) is 5.84 Å². The van der Waals surface area contributed by atoms with E-state index >= 15 is 0 Å². The smallest absolute Gasteiger partial charge is 0.192 e. The largest absolute Gasteiger partial charge is 0.384 e. The Morgan fingerprint density at radius 1 is 1.05 bits per heavy atom. The van der Waals surface area contributed by atoms with Crippen LogP contribution in [0, 0.1) is 12.3 Å². The van der Waals surface area contributed by atoms with Crippen molar-refractivity contribution in [3.63, 3.8) is 0 Å². The van der Waals surface area contributed by atoms with Gasteiger partial charge in [0, 0.05) is 22.9 Å². The van der Waals surface area contributed by atoms with Crippen molar-refractivity contribution in [2.45, 2.75) is 17.0 Å². The van der Waals surface area contributed by atoms with Crippen LogP contribution in [0.1, 0.15) is 11.1 Å². The zero-order valence-electron chi connectivity index (χ0n) is 11.5. The van der Waals surface area contributed by atoms with Crippen molar-refractivity contribution in [3.05, 3.63) is 59.9 Å². The van der Waals surface area contributed by atoms with Gasteiger partial charge in [-0.25, -0.2) is 9.97 Å². The van der Waals surface area contributed by atoms with E-state index in [9.17, 15) is 0 Å². The molecule has 3 aromatic rings. The Morgan fingerprint density at radius 2 is 1.71 bits per heavy atom. The molecule has 0 bridgehead atoms. The molecule has 104 valence electrons. The van der Waals surface area contributed by atoms with Crippen molar-refractivity contribution in [2.24, 2.45) is 5.73 Å². The molecule has 0 atom stereocenters. The molecule has 0 fully saturated rings. The van der Waals surface area contributed by atoms with Gasteiger partial charge in [0.1, 0.15) is 5.84 Å². The van der Waals surface area contributed by atoms with Gasteiger partial charge < -0.3 is 5.73 Å². The number of hydrogen-bond acceptors (Lipinski definition) is 4. The highest BCUT2D eigenvalue weighted by molar-refractivity contribution is 7.99. The van der Waals surface area contributed by atoms with E-state index < -0.39 is 0 Å². The normalized spacial score (nSPS) is 10.7. The number of aromatic nitrogens is 2. The first-order valence-electron chi connectivity index (χ1n) is 6.48. The summed E-state index contributed by atoms with van der Waals surface area (Å²) in [5.41, 5.74) is 7.44. The molecule has 4 nitrogen and oxygen atoms in total. The fraction of sp³-hybridized carbons (Fsp3) is 0.0625. The summed E-state index contributed by atoms with van der Waals surface area (Å²) in [6.45, 7) is 1.96. The van der Waals surface area contributed by atoms with Crippen LogP contribution >= 0.6 is 11.8 Å². The summed E-state index contributed by atoms with van der Waals surface area (Å²) in [5, 5.41) is 10.4. The molecule has 2 aromatic carbocycles. The highest BCUT2D eigenvalue weighted by atomic mass is 32.2. The Balaban J connectivity index is 2.09. The van der Waals surface area contributed by atoms with Crippen LogP contribution < -0.4 is 5.73 Å². The molecule has 0 saturated heterocycles. The minimum Gasteiger partial charge on any atom is -0.384 e. The van der Waals surface area contributed by atoms with E-state index in [1.807, 2.05) is 55.7 Å². The maximum atomic E-state index is 7.68. The van der Waals surface area contributed by atoms with Crippen molar-refractivity contribution in [1.82, 2.24) is 9.97 Å². The lowest BCUT2D eigenvalue weighted by atomic mass is 10.0. The number of aryl methyl sites for hydroxylation is 1. The minimum absolute atomic E-state index is 0.0781. The van der Waals surface area contributed by atoms with Gasteiger partial charge in [0.25, 0.3) is 0 Å². The number of benzene rings is 2. The summed E-state index contributed by atoms with van der Waals surface area (Å²) in [6.07, 6.45) is 3.61. The first-order chi connectivity index (χ1) is 10.1. The molecule has 0 aliphatic carbocycles. The van der Waals surface area contributed by atoms with Crippen LogP contribution in [0.25, 0.3) is 10.8 Å². The molecule has 0 amide bonds. The Labute approximate surface area is 126 Å². The summed E-state index contributed by atoms with van der Waals surface area (Å²) < 4.78 is 0. The van der Waals surface area contributed by atoms with E-state index in [0.29, 0.717) is 5.16 Å². The van der Waals surface area contributed by atoms with Crippen LogP contribution in [0.15, 0.2) is 58.8 Å². The Morgan fingerprint density at radius 3 is 2.38 bits per heavy atom. The minimum atomic E-state index is 0.0781. The van der Waals surface area contributed by atoms with Crippen LogP contribution in [0.2, 0.25) is 0 Å². The van der Waals surface area contributed by atoms with Gasteiger partial charge in [-0.1, -0.05) is 24.3 Å². The maximum absolute atomic E-state index is 7.68. The summed E-state index contributed by atoms with van der Waals surface area (Å²) in [4.78, 5) is 9.70. The lowest BCUT2D eigenvalue weighted by molar-refractivity contribution is 0.950. The molecular weight excluding hydrogens is 280 g/mol. The van der Waals surface area contributed by atoms with Crippen LogP contribution in [-0.2, 0) is 0 Å². The van der Waals surface area contributed by atoms with Gasteiger partial charge in [-0.15, -0.1) is 0 Å². The molecule has 3 rings (SSSR count). The first kappa shape index (κ1) is 13.6. The number of amidine groups is 1. The zero-order chi connectivity index (χ0) is 14.8. The number of hydrogen-bond donors (Lipinski definition) is 2. The van der Waals surface area contributed by atoms with Gasteiger partial charge in [-0.3, -0.25) is 5.41 Å². The van der Waals surface area contributed by atoms with Crippen LogP contribution in [0.5, 0.6) is 0 Å². The average molecular weight is 294 g/mol. The number of nitrogens with one attached hydrogen (secondary N) is 1. The lowest BCUT2D eigenvalue weighted by Crippen LogP contribution is -2.11. The molecule has 21 heavy (non-hydrogen) atoms. The molecule has 0 aliphatic heterocycles. The quantitative estimate of drug-likeness (QED) is 0.441. The fourth-order valence-corrected chi connectivity index (χ4v) is 2.96. The lowest BCUT2D eigenvalue weighted by Gasteiger charge is -2.09. The Bertz CT molecular complexity index is 812. The summed E-state index contributed by atoms with van der Waals surface area (Å²) >= 11 is 1.51. The number of nitrogens with two attached hydrogens (primary N) is 1. The third kappa shape index (κ3) is 2.73. The van der Waals surface area contributed by atoms with Gasteiger partial charge in [0.15, 0.2) is 5.16 Å². The van der Waals surface area contributed by atoms with E-state index in [1.165, 1.54) is 11.8 Å². The summed E-state index contributed by atoms with van der Waals surface area (Å²) in [6, 6.07) is 11.8. The summed E-state index contributed by atoms with van der Waals surface area (Å²) in [7, 11) is 0. The third-order valence-electron chi connectivity index (χ3n) is 3.13. The number of rotatable bonds is 3. The second-order valence-corrected chi connectivity index (χ2v) is 5.72. The number of fused-ring (bicyclic) bond motifs is 1. The van der Waals surface area contributed by atoms with Gasteiger partial charge in [0.05, 0.1) is 0 Å². The van der Waals surface area contributed by atoms with Crippen molar-refractivity contribution in [2.75, 3.05) is 0 Å². The van der Waals surface area contributed by atoms with Gasteiger partial charge in [-0.2, -0.15) is 0 Å². The van der Waals surface area contributed by atoms with Crippen molar-refractivity contribution >= 4 is 28.4 Å². The molecule has 0 spiro atoms. The van der Waals surface area contributed by atoms with E-state index in [2.05, 4.69) is 9.97 Å². The SMILES string of the molecule is Cc1cnc(Sc2ccc(C(=N)N)c3ccccc23)nc1. The topological polar surface area (TPSA) is 75.7 Å². The predicted octanol–water partition coefficient (Wildman–Crippen LogP) is 3.37. The molecule has 0 unspecified atom stereocenters. The van der Waals surface area contributed by atoms with E-state index in [4.69, 9.17) is 11.1 Å². The van der Waals surface area contributed by atoms with Gasteiger partial charge in [-0.05, 0) is 47.2 Å². The highest BCUT2D eigenvalue weighted by Crippen LogP contribution is 2.33. The van der Waals surface area contributed by atoms with Crippen molar-refractivity contribution in [1.29, 1.82) is 5.41 Å². The van der Waals surface area contributed by atoms with Crippen molar-refractivity contribution in [3.8, 4) is 0 Å². The Kier molecular flexibility index (Phi) is 3.58. The van der Waals surface area contributed by atoms with Crippen molar-refractivity contribution < 1.29 is 0 Å². The molecule has 1 aromatic heterocycles. The molecule has 1 heterocycles. The van der Waals surface area contributed by atoms with Crippen LogP contribution in [-0.4, -0.2) is 15.8 Å². The Hall–Kier alpha value is -2.40. The maximum Gasteiger partial charge on any atom is 0.192 e. The molecule has 3 N–H and O–H groups in total. The van der Waals surface area contributed by atoms with Gasteiger partial charge in [0.2, 0.25) is 0 Å².